The van der Waals surface area contributed by atoms with Crippen LogP contribution >= 0.6 is 11.8 Å². The molecule has 164 valence electrons. The first-order valence-corrected chi connectivity index (χ1v) is 11.8. The standard InChI is InChI=1S/C26H32N2O2S/c1-6-18-14-23-22(25(2,3)17-26(4,5)31-23)13-19(18)11-12-21-16-27-20(15-28-21)9-7-8-10-24(29)30/h13-16H,6-10,17H2,1-5H3,(H,29,30). The third kappa shape index (κ3) is 6.11. The minimum Gasteiger partial charge on any atom is -0.481 e. The molecule has 1 aliphatic heterocycles. The van der Waals surface area contributed by atoms with Crippen molar-refractivity contribution in [1.29, 1.82) is 0 Å². The van der Waals surface area contributed by atoms with E-state index in [-0.39, 0.29) is 16.6 Å². The third-order valence-corrected chi connectivity index (χ3v) is 6.93. The summed E-state index contributed by atoms with van der Waals surface area (Å²) in [6.45, 7) is 11.5. The number of aryl methyl sites for hydroxylation is 2. The summed E-state index contributed by atoms with van der Waals surface area (Å²) < 4.78 is 0.236. The molecule has 1 aliphatic rings. The molecular formula is C26H32N2O2S. The SMILES string of the molecule is CCc1cc2c(cc1C#Cc1cnc(CCCCC(=O)O)cn1)C(C)(C)CC(C)(C)S2. The van der Waals surface area contributed by atoms with Crippen LogP contribution in [0.25, 0.3) is 0 Å². The first-order valence-electron chi connectivity index (χ1n) is 11.0. The van der Waals surface area contributed by atoms with Gasteiger partial charge in [-0.05, 0) is 66.7 Å². The van der Waals surface area contributed by atoms with Gasteiger partial charge in [-0.25, -0.2) is 4.98 Å². The molecule has 0 atom stereocenters. The number of thioether (sulfide) groups is 1. The molecule has 4 nitrogen and oxygen atoms in total. The van der Waals surface area contributed by atoms with E-state index in [1.54, 1.807) is 12.4 Å². The van der Waals surface area contributed by atoms with Gasteiger partial charge in [0.1, 0.15) is 5.69 Å². The molecule has 0 radical (unpaired) electrons. The van der Waals surface area contributed by atoms with Crippen LogP contribution in [0, 0.1) is 11.8 Å². The maximum atomic E-state index is 10.6. The first kappa shape index (κ1) is 23.3. The second-order valence-electron chi connectivity index (χ2n) is 9.53. The second kappa shape index (κ2) is 9.44. The molecule has 2 aromatic rings. The van der Waals surface area contributed by atoms with Crippen molar-refractivity contribution < 1.29 is 9.90 Å². The molecule has 1 N–H and O–H groups in total. The number of carbonyl (C=O) groups is 1. The highest BCUT2D eigenvalue weighted by Gasteiger charge is 2.38. The molecule has 2 heterocycles. The molecule has 31 heavy (non-hydrogen) atoms. The molecule has 0 unspecified atom stereocenters. The lowest BCUT2D eigenvalue weighted by Crippen LogP contribution is -2.33. The quantitative estimate of drug-likeness (QED) is 0.459. The lowest BCUT2D eigenvalue weighted by Gasteiger charge is -2.42. The minimum atomic E-state index is -0.754. The van der Waals surface area contributed by atoms with Gasteiger partial charge in [-0.2, -0.15) is 0 Å². The smallest absolute Gasteiger partial charge is 0.303 e. The van der Waals surface area contributed by atoms with Gasteiger partial charge in [0.2, 0.25) is 0 Å². The van der Waals surface area contributed by atoms with E-state index in [0.29, 0.717) is 12.1 Å². The van der Waals surface area contributed by atoms with E-state index in [4.69, 9.17) is 5.11 Å². The molecule has 1 aromatic carbocycles. The fraction of sp³-hybridized carbons (Fsp3) is 0.500. The Morgan fingerprint density at radius 1 is 1.13 bits per heavy atom. The van der Waals surface area contributed by atoms with Gasteiger partial charge in [-0.15, -0.1) is 11.8 Å². The van der Waals surface area contributed by atoms with Crippen molar-refractivity contribution in [3.8, 4) is 11.8 Å². The zero-order valence-electron chi connectivity index (χ0n) is 19.2. The van der Waals surface area contributed by atoms with Gasteiger partial charge in [-0.1, -0.05) is 40.5 Å². The van der Waals surface area contributed by atoms with Crippen molar-refractivity contribution in [3.63, 3.8) is 0 Å². The van der Waals surface area contributed by atoms with Gasteiger partial charge < -0.3 is 5.11 Å². The molecular weight excluding hydrogens is 404 g/mol. The number of rotatable bonds is 6. The van der Waals surface area contributed by atoms with Crippen LogP contribution in [0.4, 0.5) is 0 Å². The Labute approximate surface area is 190 Å². The molecule has 0 aliphatic carbocycles. The Hall–Kier alpha value is -2.32. The fourth-order valence-electron chi connectivity index (χ4n) is 4.40. The molecule has 5 heteroatoms. The van der Waals surface area contributed by atoms with Crippen LogP contribution in [-0.2, 0) is 23.1 Å². The molecule has 3 rings (SSSR count). The van der Waals surface area contributed by atoms with E-state index in [1.165, 1.54) is 16.0 Å². The fourth-order valence-corrected chi connectivity index (χ4v) is 6.07. The topological polar surface area (TPSA) is 63.1 Å². The van der Waals surface area contributed by atoms with Crippen LogP contribution in [0.3, 0.4) is 0 Å². The van der Waals surface area contributed by atoms with Gasteiger partial charge in [0.25, 0.3) is 0 Å². The highest BCUT2D eigenvalue weighted by molar-refractivity contribution is 8.00. The Morgan fingerprint density at radius 2 is 1.90 bits per heavy atom. The summed E-state index contributed by atoms with van der Waals surface area (Å²) in [5.74, 6) is 5.78. The van der Waals surface area contributed by atoms with Crippen LogP contribution < -0.4 is 0 Å². The average molecular weight is 437 g/mol. The number of carboxylic acids is 1. The lowest BCUT2D eigenvalue weighted by molar-refractivity contribution is -0.137. The molecule has 0 saturated carbocycles. The summed E-state index contributed by atoms with van der Waals surface area (Å²) in [6, 6.07) is 4.62. The van der Waals surface area contributed by atoms with Gasteiger partial charge in [-0.3, -0.25) is 9.78 Å². The number of benzene rings is 1. The number of unbranched alkanes of at least 4 members (excludes halogenated alkanes) is 1. The number of hydrogen-bond donors (Lipinski definition) is 1. The van der Waals surface area contributed by atoms with Gasteiger partial charge >= 0.3 is 5.97 Å². The zero-order valence-corrected chi connectivity index (χ0v) is 20.0. The summed E-state index contributed by atoms with van der Waals surface area (Å²) >= 11 is 1.98. The zero-order chi connectivity index (χ0) is 22.6. The summed E-state index contributed by atoms with van der Waals surface area (Å²) in [6.07, 6.45) is 7.93. The maximum absolute atomic E-state index is 10.6. The van der Waals surface area contributed by atoms with Crippen LogP contribution in [0.1, 0.15) is 88.4 Å². The monoisotopic (exact) mass is 436 g/mol. The van der Waals surface area contributed by atoms with E-state index in [0.717, 1.165) is 36.9 Å². The Morgan fingerprint density at radius 3 is 2.55 bits per heavy atom. The minimum absolute atomic E-state index is 0.120. The predicted octanol–water partition coefficient (Wildman–Crippen LogP) is 5.79. The number of fused-ring (bicyclic) bond motifs is 1. The predicted molar refractivity (Wildman–Crippen MR) is 127 cm³/mol. The number of carboxylic acid groups (broad SMARTS) is 1. The van der Waals surface area contributed by atoms with Gasteiger partial charge in [0, 0.05) is 27.8 Å². The van der Waals surface area contributed by atoms with E-state index in [9.17, 15) is 4.79 Å². The molecule has 0 saturated heterocycles. The largest absolute Gasteiger partial charge is 0.481 e. The van der Waals surface area contributed by atoms with Gasteiger partial charge in [0.15, 0.2) is 0 Å². The lowest BCUT2D eigenvalue weighted by atomic mass is 9.76. The Bertz CT molecular complexity index is 1010. The third-order valence-electron chi connectivity index (χ3n) is 5.67. The normalized spacial score (nSPS) is 16.2. The van der Waals surface area contributed by atoms with Crippen LogP contribution in [-0.4, -0.2) is 25.8 Å². The second-order valence-corrected chi connectivity index (χ2v) is 11.3. The van der Waals surface area contributed by atoms with Crippen molar-refractivity contribution in [2.45, 2.75) is 88.2 Å². The van der Waals surface area contributed by atoms with Crippen LogP contribution in [0.2, 0.25) is 0 Å². The van der Waals surface area contributed by atoms with E-state index < -0.39 is 5.97 Å². The number of aromatic nitrogens is 2. The van der Waals surface area contributed by atoms with E-state index in [1.807, 2.05) is 11.8 Å². The van der Waals surface area contributed by atoms with Crippen molar-refractivity contribution in [3.05, 3.63) is 52.6 Å². The number of aliphatic carboxylic acids is 1. The highest BCUT2D eigenvalue weighted by atomic mass is 32.2. The Balaban J connectivity index is 1.79. The summed E-state index contributed by atoms with van der Waals surface area (Å²) in [7, 11) is 0. The summed E-state index contributed by atoms with van der Waals surface area (Å²) in [4.78, 5) is 20.9. The summed E-state index contributed by atoms with van der Waals surface area (Å²) in [5.41, 5.74) is 5.39. The van der Waals surface area contributed by atoms with Crippen molar-refractivity contribution in [2.24, 2.45) is 0 Å². The molecule has 0 spiro atoms. The Kier molecular flexibility index (Phi) is 7.11. The first-order chi connectivity index (χ1) is 14.6. The molecule has 0 bridgehead atoms. The van der Waals surface area contributed by atoms with Crippen molar-refractivity contribution in [2.75, 3.05) is 0 Å². The van der Waals surface area contributed by atoms with Crippen molar-refractivity contribution >= 4 is 17.7 Å². The molecule has 0 amide bonds. The highest BCUT2D eigenvalue weighted by Crippen LogP contribution is 2.51. The molecule has 0 fully saturated rings. The van der Waals surface area contributed by atoms with Crippen LogP contribution in [0.5, 0.6) is 0 Å². The van der Waals surface area contributed by atoms with Gasteiger partial charge in [0.05, 0.1) is 11.9 Å². The maximum Gasteiger partial charge on any atom is 0.303 e. The summed E-state index contributed by atoms with van der Waals surface area (Å²) in [5, 5.41) is 8.71. The van der Waals surface area contributed by atoms with E-state index in [2.05, 4.69) is 68.6 Å². The van der Waals surface area contributed by atoms with Crippen LogP contribution in [0.15, 0.2) is 29.4 Å². The number of hydrogen-bond acceptors (Lipinski definition) is 4. The number of nitrogens with zero attached hydrogens (tertiary/aromatic N) is 2. The van der Waals surface area contributed by atoms with E-state index >= 15 is 0 Å². The van der Waals surface area contributed by atoms with Crippen molar-refractivity contribution in [1.82, 2.24) is 9.97 Å². The average Bonchev–Trinajstić information content (AvgIpc) is 2.68. The molecule has 1 aromatic heterocycles.